The minimum atomic E-state index is -0.541. The zero-order chi connectivity index (χ0) is 14.7. The topological polar surface area (TPSA) is 72.2 Å². The van der Waals surface area contributed by atoms with E-state index in [-0.39, 0.29) is 15.7 Å². The first-order valence-corrected chi connectivity index (χ1v) is 7.07. The number of rotatable bonds is 3. The van der Waals surface area contributed by atoms with E-state index >= 15 is 0 Å². The second kappa shape index (κ2) is 6.15. The van der Waals surface area contributed by atoms with Crippen molar-refractivity contribution in [2.24, 2.45) is 0 Å². The van der Waals surface area contributed by atoms with Crippen LogP contribution in [-0.4, -0.2) is 10.8 Å². The molecule has 2 aromatic carbocycles. The molecule has 1 amide bonds. The molecule has 2 rings (SSSR count). The van der Waals surface area contributed by atoms with Crippen LogP contribution in [0.4, 0.5) is 11.4 Å². The number of anilines is 1. The van der Waals surface area contributed by atoms with Gasteiger partial charge in [-0.1, -0.05) is 22.0 Å². The van der Waals surface area contributed by atoms with Crippen molar-refractivity contribution in [3.8, 4) is 0 Å². The normalized spacial score (nSPS) is 10.1. The van der Waals surface area contributed by atoms with E-state index in [2.05, 4.69) is 37.2 Å². The third-order valence-electron chi connectivity index (χ3n) is 2.52. The van der Waals surface area contributed by atoms with Gasteiger partial charge < -0.3 is 5.32 Å². The Morgan fingerprint density at radius 2 is 1.75 bits per heavy atom. The molecule has 0 aliphatic carbocycles. The van der Waals surface area contributed by atoms with Gasteiger partial charge in [0.05, 0.1) is 10.5 Å². The van der Waals surface area contributed by atoms with E-state index in [9.17, 15) is 14.9 Å². The molecule has 102 valence electrons. The lowest BCUT2D eigenvalue weighted by Crippen LogP contribution is -2.13. The number of nitrogens with one attached hydrogen (secondary N) is 1. The van der Waals surface area contributed by atoms with Crippen LogP contribution in [0.1, 0.15) is 10.4 Å². The third kappa shape index (κ3) is 3.23. The van der Waals surface area contributed by atoms with Gasteiger partial charge in [-0.15, -0.1) is 0 Å². The van der Waals surface area contributed by atoms with Crippen LogP contribution in [-0.2, 0) is 0 Å². The Bertz CT molecular complexity index is 672. The molecule has 0 radical (unpaired) electrons. The van der Waals surface area contributed by atoms with E-state index in [0.717, 1.165) is 4.47 Å². The Labute approximate surface area is 131 Å². The highest BCUT2D eigenvalue weighted by Gasteiger charge is 2.19. The van der Waals surface area contributed by atoms with Gasteiger partial charge in [0.15, 0.2) is 0 Å². The van der Waals surface area contributed by atoms with E-state index in [4.69, 9.17) is 0 Å². The highest BCUT2D eigenvalue weighted by Crippen LogP contribution is 2.28. The van der Waals surface area contributed by atoms with E-state index in [1.165, 1.54) is 18.2 Å². The molecule has 0 aromatic heterocycles. The number of nitro benzene ring substituents is 1. The molecular weight excluding hydrogens is 392 g/mol. The number of benzene rings is 2. The zero-order valence-electron chi connectivity index (χ0n) is 9.97. The number of carbonyl (C=O) groups is 1. The maximum Gasteiger partial charge on any atom is 0.284 e. The van der Waals surface area contributed by atoms with Crippen LogP contribution >= 0.6 is 31.9 Å². The third-order valence-corrected chi connectivity index (χ3v) is 3.88. The molecule has 0 spiro atoms. The molecular formula is C13H8Br2N2O3. The van der Waals surface area contributed by atoms with Crippen molar-refractivity contribution in [2.75, 3.05) is 5.32 Å². The predicted molar refractivity (Wildman–Crippen MR) is 82.9 cm³/mol. The average molecular weight is 400 g/mol. The van der Waals surface area contributed by atoms with Crippen LogP contribution in [0, 0.1) is 10.1 Å². The molecule has 0 unspecified atom stereocenters. The molecule has 0 saturated heterocycles. The molecule has 0 aliphatic rings. The van der Waals surface area contributed by atoms with Gasteiger partial charge in [-0.3, -0.25) is 14.9 Å². The van der Waals surface area contributed by atoms with Crippen molar-refractivity contribution in [3.63, 3.8) is 0 Å². The van der Waals surface area contributed by atoms with Crippen LogP contribution in [0.5, 0.6) is 0 Å². The monoisotopic (exact) mass is 398 g/mol. The van der Waals surface area contributed by atoms with E-state index in [1.54, 1.807) is 24.3 Å². The van der Waals surface area contributed by atoms with Gasteiger partial charge in [0.2, 0.25) is 0 Å². The second-order valence-electron chi connectivity index (χ2n) is 3.86. The quantitative estimate of drug-likeness (QED) is 0.615. The Kier molecular flexibility index (Phi) is 4.51. The smallest absolute Gasteiger partial charge is 0.284 e. The van der Waals surface area contributed by atoms with Crippen molar-refractivity contribution in [2.45, 2.75) is 0 Å². The Hall–Kier alpha value is -1.73. The Morgan fingerprint density at radius 1 is 1.10 bits per heavy atom. The zero-order valence-corrected chi connectivity index (χ0v) is 13.1. The van der Waals surface area contributed by atoms with Crippen LogP contribution in [0.15, 0.2) is 51.4 Å². The largest absolute Gasteiger partial charge is 0.322 e. The first kappa shape index (κ1) is 14.7. The fraction of sp³-hybridized carbons (Fsp3) is 0. The molecule has 0 aliphatic heterocycles. The molecule has 0 heterocycles. The van der Waals surface area contributed by atoms with Gasteiger partial charge in [0.25, 0.3) is 11.6 Å². The van der Waals surface area contributed by atoms with Gasteiger partial charge in [-0.25, -0.2) is 0 Å². The summed E-state index contributed by atoms with van der Waals surface area (Å²) in [4.78, 5) is 22.4. The highest BCUT2D eigenvalue weighted by atomic mass is 79.9. The molecule has 0 saturated carbocycles. The van der Waals surface area contributed by atoms with Crippen LogP contribution < -0.4 is 5.32 Å². The number of carbonyl (C=O) groups excluding carboxylic acids is 1. The first-order valence-electron chi connectivity index (χ1n) is 5.49. The highest BCUT2D eigenvalue weighted by molar-refractivity contribution is 9.11. The minimum absolute atomic E-state index is 0.145. The number of amides is 1. The SMILES string of the molecule is O=C(Nc1ccc(Br)cc1)c1cccc([N+](=O)[O-])c1Br. The summed E-state index contributed by atoms with van der Waals surface area (Å²) in [5, 5.41) is 13.5. The number of nitrogens with zero attached hydrogens (tertiary/aromatic N) is 1. The molecule has 2 aromatic rings. The van der Waals surface area contributed by atoms with Crippen LogP contribution in [0.25, 0.3) is 0 Å². The molecule has 0 bridgehead atoms. The molecule has 1 N–H and O–H groups in total. The van der Waals surface area contributed by atoms with E-state index in [1.807, 2.05) is 0 Å². The molecule has 7 heteroatoms. The van der Waals surface area contributed by atoms with E-state index < -0.39 is 10.8 Å². The summed E-state index contributed by atoms with van der Waals surface area (Å²) in [5.74, 6) is -0.414. The Balaban J connectivity index is 2.28. The molecule has 5 nitrogen and oxygen atoms in total. The summed E-state index contributed by atoms with van der Waals surface area (Å²) in [6.07, 6.45) is 0. The Morgan fingerprint density at radius 3 is 2.35 bits per heavy atom. The van der Waals surface area contributed by atoms with Gasteiger partial charge in [0, 0.05) is 16.2 Å². The van der Waals surface area contributed by atoms with Crippen LogP contribution in [0.3, 0.4) is 0 Å². The van der Waals surface area contributed by atoms with Crippen molar-refractivity contribution in [1.29, 1.82) is 0 Å². The summed E-state index contributed by atoms with van der Waals surface area (Å²) in [5.41, 5.74) is 0.673. The van der Waals surface area contributed by atoms with Crippen molar-refractivity contribution in [3.05, 3.63) is 67.1 Å². The van der Waals surface area contributed by atoms with Gasteiger partial charge in [-0.05, 0) is 46.3 Å². The average Bonchev–Trinajstić information content (AvgIpc) is 2.41. The lowest BCUT2D eigenvalue weighted by molar-refractivity contribution is -0.385. The summed E-state index contributed by atoms with van der Waals surface area (Å²) in [6, 6.07) is 11.4. The maximum atomic E-state index is 12.1. The van der Waals surface area contributed by atoms with Gasteiger partial charge >= 0.3 is 0 Å². The second-order valence-corrected chi connectivity index (χ2v) is 5.57. The van der Waals surface area contributed by atoms with Crippen molar-refractivity contribution < 1.29 is 9.72 Å². The maximum absolute atomic E-state index is 12.1. The first-order chi connectivity index (χ1) is 9.49. The summed E-state index contributed by atoms with van der Waals surface area (Å²) < 4.78 is 1.06. The number of nitro groups is 1. The van der Waals surface area contributed by atoms with Crippen LogP contribution in [0.2, 0.25) is 0 Å². The standard InChI is InChI=1S/C13H8Br2N2O3/c14-8-4-6-9(7-5-8)16-13(18)10-2-1-3-11(12(10)15)17(19)20/h1-7H,(H,16,18). The number of hydrogen-bond donors (Lipinski definition) is 1. The fourth-order valence-corrected chi connectivity index (χ4v) is 2.42. The number of halogens is 2. The van der Waals surface area contributed by atoms with E-state index in [0.29, 0.717) is 5.69 Å². The molecule has 0 fully saturated rings. The lowest BCUT2D eigenvalue weighted by Gasteiger charge is -2.07. The number of hydrogen-bond acceptors (Lipinski definition) is 3. The minimum Gasteiger partial charge on any atom is -0.322 e. The van der Waals surface area contributed by atoms with Gasteiger partial charge in [0.1, 0.15) is 4.47 Å². The summed E-state index contributed by atoms with van der Waals surface area (Å²) >= 11 is 6.40. The summed E-state index contributed by atoms with van der Waals surface area (Å²) in [6.45, 7) is 0. The molecule has 20 heavy (non-hydrogen) atoms. The molecule has 0 atom stereocenters. The lowest BCUT2D eigenvalue weighted by atomic mass is 10.2. The fourth-order valence-electron chi connectivity index (χ4n) is 1.57. The predicted octanol–water partition coefficient (Wildman–Crippen LogP) is 4.37. The van der Waals surface area contributed by atoms with Gasteiger partial charge in [-0.2, -0.15) is 0 Å². The van der Waals surface area contributed by atoms with Crippen molar-refractivity contribution >= 4 is 49.1 Å². The van der Waals surface area contributed by atoms with Crippen molar-refractivity contribution in [1.82, 2.24) is 0 Å². The summed E-state index contributed by atoms with van der Waals surface area (Å²) in [7, 11) is 0.